The first-order valence-corrected chi connectivity index (χ1v) is 9.00. The number of hydrogen-bond acceptors (Lipinski definition) is 5. The fraction of sp³-hybridized carbons (Fsp3) is 0.294. The zero-order valence-corrected chi connectivity index (χ0v) is 14.5. The highest BCUT2D eigenvalue weighted by Gasteiger charge is 2.22. The Balaban J connectivity index is 1.54. The first-order chi connectivity index (χ1) is 12.1. The maximum Gasteiger partial charge on any atom is 0.264 e. The SMILES string of the molecule is Cn1ncc2c(=O)n(CC(=O)N[C@@H]3CCSc4ccccc43)cnc21. The Morgan fingerprint density at radius 1 is 1.40 bits per heavy atom. The molecule has 1 atom stereocenters. The van der Waals surface area contributed by atoms with Gasteiger partial charge in [-0.2, -0.15) is 5.10 Å². The molecule has 1 amide bonds. The molecule has 1 aliphatic rings. The number of thioether (sulfide) groups is 1. The normalized spacial score (nSPS) is 16.6. The molecule has 7 nitrogen and oxygen atoms in total. The number of nitrogens with one attached hydrogen (secondary N) is 1. The lowest BCUT2D eigenvalue weighted by molar-refractivity contribution is -0.122. The van der Waals surface area contributed by atoms with Gasteiger partial charge in [0.25, 0.3) is 5.56 Å². The zero-order chi connectivity index (χ0) is 17.4. The van der Waals surface area contributed by atoms with Gasteiger partial charge in [0, 0.05) is 17.7 Å². The van der Waals surface area contributed by atoms with Crippen molar-refractivity contribution in [3.8, 4) is 0 Å². The fourth-order valence-corrected chi connectivity index (χ4v) is 4.19. The Morgan fingerprint density at radius 2 is 2.24 bits per heavy atom. The molecule has 25 heavy (non-hydrogen) atoms. The van der Waals surface area contributed by atoms with E-state index in [4.69, 9.17) is 0 Å². The number of carbonyl (C=O) groups is 1. The van der Waals surface area contributed by atoms with Crippen LogP contribution in [0.5, 0.6) is 0 Å². The number of amides is 1. The first-order valence-electron chi connectivity index (χ1n) is 8.02. The van der Waals surface area contributed by atoms with Crippen LogP contribution in [0, 0.1) is 0 Å². The number of rotatable bonds is 3. The predicted octanol–water partition coefficient (Wildman–Crippen LogP) is 1.48. The summed E-state index contributed by atoms with van der Waals surface area (Å²) in [7, 11) is 1.73. The highest BCUT2D eigenvalue weighted by molar-refractivity contribution is 7.99. The van der Waals surface area contributed by atoms with E-state index in [1.54, 1.807) is 18.8 Å². The Labute approximate surface area is 148 Å². The van der Waals surface area contributed by atoms with Crippen LogP contribution in [0.25, 0.3) is 11.0 Å². The van der Waals surface area contributed by atoms with Crippen LogP contribution in [0.2, 0.25) is 0 Å². The lowest BCUT2D eigenvalue weighted by atomic mass is 10.0. The van der Waals surface area contributed by atoms with Gasteiger partial charge in [0.2, 0.25) is 5.91 Å². The van der Waals surface area contributed by atoms with Gasteiger partial charge in [-0.05, 0) is 18.1 Å². The van der Waals surface area contributed by atoms with Crippen LogP contribution < -0.4 is 10.9 Å². The molecule has 8 heteroatoms. The molecule has 0 unspecified atom stereocenters. The third-order valence-corrected chi connectivity index (χ3v) is 5.45. The fourth-order valence-electron chi connectivity index (χ4n) is 3.07. The topological polar surface area (TPSA) is 81.8 Å². The molecule has 0 fully saturated rings. The standard InChI is InChI=1S/C17H17N5O2S/c1-21-16-12(8-19-21)17(24)22(10-18-16)9-15(23)20-13-6-7-25-14-5-3-2-4-11(13)14/h2-5,8,10,13H,6-7,9H2,1H3,(H,20,23)/t13-/m1/s1. The molecule has 2 aromatic heterocycles. The van der Waals surface area contributed by atoms with E-state index < -0.39 is 0 Å². The average molecular weight is 355 g/mol. The van der Waals surface area contributed by atoms with Crippen molar-refractivity contribution in [1.29, 1.82) is 0 Å². The number of benzene rings is 1. The van der Waals surface area contributed by atoms with Crippen LogP contribution in [0.1, 0.15) is 18.0 Å². The molecule has 4 rings (SSSR count). The lowest BCUT2D eigenvalue weighted by Gasteiger charge is -2.26. The molecular formula is C17H17N5O2S. The second-order valence-electron chi connectivity index (χ2n) is 5.98. The van der Waals surface area contributed by atoms with E-state index in [-0.39, 0.29) is 24.1 Å². The second kappa shape index (κ2) is 6.36. The third-order valence-electron chi connectivity index (χ3n) is 4.33. The van der Waals surface area contributed by atoms with Gasteiger partial charge in [0.15, 0.2) is 5.65 Å². The van der Waals surface area contributed by atoms with E-state index >= 15 is 0 Å². The van der Waals surface area contributed by atoms with Crippen molar-refractivity contribution < 1.29 is 4.79 Å². The number of carbonyl (C=O) groups excluding carboxylic acids is 1. The summed E-state index contributed by atoms with van der Waals surface area (Å²) in [6.07, 6.45) is 3.76. The molecule has 3 heterocycles. The van der Waals surface area contributed by atoms with Gasteiger partial charge in [0.1, 0.15) is 18.3 Å². The van der Waals surface area contributed by atoms with Gasteiger partial charge >= 0.3 is 0 Å². The van der Waals surface area contributed by atoms with E-state index in [1.807, 2.05) is 18.2 Å². The Kier molecular flexibility index (Phi) is 4.04. The van der Waals surface area contributed by atoms with Crippen LogP contribution >= 0.6 is 11.8 Å². The largest absolute Gasteiger partial charge is 0.348 e. The van der Waals surface area contributed by atoms with Crippen molar-refractivity contribution in [2.45, 2.75) is 23.9 Å². The molecule has 0 aliphatic carbocycles. The molecule has 128 valence electrons. The summed E-state index contributed by atoms with van der Waals surface area (Å²) in [5.41, 5.74) is 1.40. The lowest BCUT2D eigenvalue weighted by Crippen LogP contribution is -2.35. The van der Waals surface area contributed by atoms with Crippen molar-refractivity contribution in [2.24, 2.45) is 7.05 Å². The molecule has 1 aliphatic heterocycles. The monoisotopic (exact) mass is 355 g/mol. The zero-order valence-electron chi connectivity index (χ0n) is 13.7. The third kappa shape index (κ3) is 2.93. The van der Waals surface area contributed by atoms with E-state index in [0.717, 1.165) is 17.7 Å². The maximum absolute atomic E-state index is 12.5. The molecule has 0 saturated heterocycles. The molecule has 1 N–H and O–H groups in total. The quantitative estimate of drug-likeness (QED) is 0.770. The smallest absolute Gasteiger partial charge is 0.264 e. The number of nitrogens with zero attached hydrogens (tertiary/aromatic N) is 4. The van der Waals surface area contributed by atoms with E-state index in [1.165, 1.54) is 26.7 Å². The molecule has 3 aromatic rings. The molecule has 0 bridgehead atoms. The number of hydrogen-bond donors (Lipinski definition) is 1. The summed E-state index contributed by atoms with van der Waals surface area (Å²) in [5, 5.41) is 7.49. The van der Waals surface area contributed by atoms with Crippen LogP contribution in [-0.4, -0.2) is 31.0 Å². The molecule has 0 saturated carbocycles. The summed E-state index contributed by atoms with van der Waals surface area (Å²) in [6, 6.07) is 8.08. The molecule has 0 spiro atoms. The summed E-state index contributed by atoms with van der Waals surface area (Å²) < 4.78 is 2.86. The van der Waals surface area contributed by atoms with Gasteiger partial charge < -0.3 is 5.32 Å². The number of aryl methyl sites for hydroxylation is 1. The summed E-state index contributed by atoms with van der Waals surface area (Å²) in [4.78, 5) is 30.3. The van der Waals surface area contributed by atoms with E-state index in [9.17, 15) is 9.59 Å². The minimum Gasteiger partial charge on any atom is -0.348 e. The second-order valence-corrected chi connectivity index (χ2v) is 7.11. The van der Waals surface area contributed by atoms with Gasteiger partial charge in [0.05, 0.1) is 12.2 Å². The van der Waals surface area contributed by atoms with Crippen LogP contribution in [0.3, 0.4) is 0 Å². The Bertz CT molecular complexity index is 1010. The highest BCUT2D eigenvalue weighted by Crippen LogP contribution is 2.35. The Hall–Kier alpha value is -2.61. The van der Waals surface area contributed by atoms with E-state index in [2.05, 4.69) is 21.5 Å². The van der Waals surface area contributed by atoms with Gasteiger partial charge in [-0.3, -0.25) is 18.8 Å². The van der Waals surface area contributed by atoms with Crippen molar-refractivity contribution in [1.82, 2.24) is 24.6 Å². The van der Waals surface area contributed by atoms with Crippen molar-refractivity contribution >= 4 is 28.7 Å². The molecule has 1 aromatic carbocycles. The van der Waals surface area contributed by atoms with Gasteiger partial charge in [-0.25, -0.2) is 4.98 Å². The summed E-state index contributed by atoms with van der Waals surface area (Å²) in [5.74, 6) is 0.768. The Morgan fingerprint density at radius 3 is 3.12 bits per heavy atom. The highest BCUT2D eigenvalue weighted by atomic mass is 32.2. The summed E-state index contributed by atoms with van der Waals surface area (Å²) >= 11 is 1.80. The molecule has 0 radical (unpaired) electrons. The minimum atomic E-state index is -0.257. The van der Waals surface area contributed by atoms with Crippen LogP contribution in [-0.2, 0) is 18.4 Å². The maximum atomic E-state index is 12.5. The average Bonchev–Trinajstić information content (AvgIpc) is 2.99. The van der Waals surface area contributed by atoms with Crippen molar-refractivity contribution in [2.75, 3.05) is 5.75 Å². The minimum absolute atomic E-state index is 0.0178. The van der Waals surface area contributed by atoms with Gasteiger partial charge in [-0.1, -0.05) is 18.2 Å². The van der Waals surface area contributed by atoms with Gasteiger partial charge in [-0.15, -0.1) is 11.8 Å². The molecular weight excluding hydrogens is 338 g/mol. The summed E-state index contributed by atoms with van der Waals surface area (Å²) in [6.45, 7) is -0.0531. The number of fused-ring (bicyclic) bond motifs is 2. The van der Waals surface area contributed by atoms with Crippen LogP contribution in [0.4, 0.5) is 0 Å². The van der Waals surface area contributed by atoms with E-state index in [0.29, 0.717) is 11.0 Å². The number of aromatic nitrogens is 4. The predicted molar refractivity (Wildman–Crippen MR) is 95.4 cm³/mol. The van der Waals surface area contributed by atoms with Crippen LogP contribution in [0.15, 0.2) is 46.5 Å². The van der Waals surface area contributed by atoms with Crippen molar-refractivity contribution in [3.63, 3.8) is 0 Å². The van der Waals surface area contributed by atoms with Crippen molar-refractivity contribution in [3.05, 3.63) is 52.7 Å². The first kappa shape index (κ1) is 15.9.